The first kappa shape index (κ1) is 36.1. The Labute approximate surface area is 370 Å². The Hall–Kier alpha value is -8.54. The van der Waals surface area contributed by atoms with Gasteiger partial charge in [-0.05, 0) is 84.9 Å². The van der Waals surface area contributed by atoms with Crippen molar-refractivity contribution in [3.05, 3.63) is 195 Å². The molecular weight excluding hydrogens is 809 g/mol. The van der Waals surface area contributed by atoms with E-state index in [2.05, 4.69) is 99.0 Å². The van der Waals surface area contributed by atoms with Crippen molar-refractivity contribution in [2.45, 2.75) is 9.79 Å². The maximum atomic E-state index is 5.30. The Morgan fingerprint density at radius 3 is 1.09 bits per heavy atom. The van der Waals surface area contributed by atoms with Crippen molar-refractivity contribution < 1.29 is 0 Å². The highest BCUT2D eigenvalue weighted by atomic mass is 32.2. The van der Waals surface area contributed by atoms with Crippen LogP contribution in [0, 0.1) is 0 Å². The molecule has 0 radical (unpaired) electrons. The Balaban J connectivity index is 1.24. The van der Waals surface area contributed by atoms with Crippen molar-refractivity contribution in [3.63, 3.8) is 0 Å². The molecule has 10 nitrogen and oxygen atoms in total. The van der Waals surface area contributed by atoms with Gasteiger partial charge in [0, 0.05) is 51.3 Å². The monoisotopic (exact) mass is 840 g/mol. The second-order valence-electron chi connectivity index (χ2n) is 15.4. The highest BCUT2D eigenvalue weighted by Gasteiger charge is 2.33. The fraction of sp³-hybridized carbons (Fsp3) is 0. The minimum atomic E-state index is 0.519. The van der Waals surface area contributed by atoms with Gasteiger partial charge in [0.15, 0.2) is 17.5 Å². The number of anilines is 3. The highest BCUT2D eigenvalue weighted by Crippen LogP contribution is 2.55. The lowest BCUT2D eigenvalue weighted by molar-refractivity contribution is 1.06. The second kappa shape index (κ2) is 14.5. The standard InChI is InChI=1S/C53H32N10S/c1-3-15-33(16-4-1)51-58-52(34-17-5-2-6-18-34)60-53(59-51)35-31-42(61-38-21-11-27-54-46(38)47-39(61)22-12-28-55-47)50(63-36-19-7-9-25-44(36)64-45-26-10-8-20-37(45)63)43(32-35)62-40-23-13-29-56-48(40)49-41(62)24-14-30-57-49/h1-32H. The molecule has 64 heavy (non-hydrogen) atoms. The maximum absolute atomic E-state index is 5.30. The molecule has 0 saturated carbocycles. The van der Waals surface area contributed by atoms with Gasteiger partial charge in [-0.1, -0.05) is 96.7 Å². The van der Waals surface area contributed by atoms with Crippen LogP contribution in [-0.2, 0) is 0 Å². The number of hydrogen-bond acceptors (Lipinski definition) is 9. The smallest absolute Gasteiger partial charge is 0.164 e. The van der Waals surface area contributed by atoms with Crippen LogP contribution in [0.4, 0.5) is 17.1 Å². The molecule has 11 heteroatoms. The van der Waals surface area contributed by atoms with Crippen LogP contribution in [0.5, 0.6) is 0 Å². The van der Waals surface area contributed by atoms with E-state index in [0.717, 1.165) is 99.1 Å². The lowest BCUT2D eigenvalue weighted by Crippen LogP contribution is -2.19. The van der Waals surface area contributed by atoms with Gasteiger partial charge in [-0.3, -0.25) is 19.9 Å². The van der Waals surface area contributed by atoms with Crippen LogP contribution in [0.3, 0.4) is 0 Å². The lowest BCUT2D eigenvalue weighted by Gasteiger charge is -2.36. The number of hydrogen-bond donors (Lipinski definition) is 0. The first-order chi connectivity index (χ1) is 31.8. The van der Waals surface area contributed by atoms with E-state index in [0.29, 0.717) is 17.5 Å². The van der Waals surface area contributed by atoms with Crippen LogP contribution < -0.4 is 4.90 Å². The van der Waals surface area contributed by atoms with E-state index in [1.54, 1.807) is 11.8 Å². The van der Waals surface area contributed by atoms with Gasteiger partial charge < -0.3 is 14.0 Å². The Morgan fingerprint density at radius 1 is 0.328 bits per heavy atom. The van der Waals surface area contributed by atoms with Crippen molar-refractivity contribution >= 4 is 73.0 Å². The molecule has 0 amide bonds. The van der Waals surface area contributed by atoms with E-state index in [4.69, 9.17) is 34.9 Å². The molecule has 1 aliphatic heterocycles. The molecule has 13 rings (SSSR count). The Morgan fingerprint density at radius 2 is 0.688 bits per heavy atom. The van der Waals surface area contributed by atoms with Crippen LogP contribution in [-0.4, -0.2) is 44.0 Å². The van der Waals surface area contributed by atoms with Gasteiger partial charge in [0.2, 0.25) is 0 Å². The lowest BCUT2D eigenvalue weighted by atomic mass is 10.0. The van der Waals surface area contributed by atoms with E-state index in [1.165, 1.54) is 0 Å². The molecule has 5 aromatic carbocycles. The summed E-state index contributed by atoms with van der Waals surface area (Å²) in [6.45, 7) is 0. The van der Waals surface area contributed by atoms with Gasteiger partial charge in [-0.2, -0.15) is 0 Å². The van der Waals surface area contributed by atoms with Crippen LogP contribution in [0.1, 0.15) is 0 Å². The zero-order chi connectivity index (χ0) is 42.1. The van der Waals surface area contributed by atoms with Gasteiger partial charge in [0.25, 0.3) is 0 Å². The third-order valence-corrected chi connectivity index (χ3v) is 12.9. The number of fused-ring (bicyclic) bond motifs is 8. The zero-order valence-corrected chi connectivity index (χ0v) is 34.7. The molecular formula is C53H32N10S. The quantitative estimate of drug-likeness (QED) is 0.162. The highest BCUT2D eigenvalue weighted by molar-refractivity contribution is 7.99. The summed E-state index contributed by atoms with van der Waals surface area (Å²) in [6, 6.07) is 58.2. The molecule has 1 aliphatic rings. The maximum Gasteiger partial charge on any atom is 0.164 e. The number of para-hydroxylation sites is 2. The normalized spacial score (nSPS) is 12.3. The van der Waals surface area contributed by atoms with Crippen molar-refractivity contribution in [1.29, 1.82) is 0 Å². The van der Waals surface area contributed by atoms with E-state index < -0.39 is 0 Å². The van der Waals surface area contributed by atoms with Crippen LogP contribution in [0.25, 0.3) is 89.7 Å². The molecule has 0 spiro atoms. The summed E-state index contributed by atoms with van der Waals surface area (Å²) in [7, 11) is 0. The zero-order valence-electron chi connectivity index (χ0n) is 33.9. The van der Waals surface area contributed by atoms with Gasteiger partial charge in [0.1, 0.15) is 22.1 Å². The molecule has 8 heterocycles. The third kappa shape index (κ3) is 5.64. The SMILES string of the molecule is c1ccc(-c2nc(-c3ccccc3)nc(-c3cc(-n4c5cccnc5c5ncccc54)c(N4c5ccccc5Sc5ccccc54)c(-n4c5cccnc5c5ncccc54)c3)n2)cc1. The Kier molecular flexibility index (Phi) is 8.21. The molecule has 0 unspecified atom stereocenters. The fourth-order valence-corrected chi connectivity index (χ4v) is 10.1. The summed E-state index contributed by atoms with van der Waals surface area (Å²) in [5.41, 5.74) is 14.1. The van der Waals surface area contributed by atoms with E-state index in [9.17, 15) is 0 Å². The summed E-state index contributed by atoms with van der Waals surface area (Å²) in [4.78, 5) is 40.1. The fourth-order valence-electron chi connectivity index (χ4n) is 9.00. The summed E-state index contributed by atoms with van der Waals surface area (Å²) >= 11 is 1.77. The predicted octanol–water partition coefficient (Wildman–Crippen LogP) is 12.6. The van der Waals surface area contributed by atoms with Crippen molar-refractivity contribution in [1.82, 2.24) is 44.0 Å². The minimum absolute atomic E-state index is 0.519. The van der Waals surface area contributed by atoms with Crippen molar-refractivity contribution in [2.75, 3.05) is 4.90 Å². The van der Waals surface area contributed by atoms with Gasteiger partial charge in [-0.25, -0.2) is 15.0 Å². The third-order valence-electron chi connectivity index (χ3n) is 11.7. The molecule has 0 bridgehead atoms. The van der Waals surface area contributed by atoms with Crippen LogP contribution in [0.2, 0.25) is 0 Å². The summed E-state index contributed by atoms with van der Waals surface area (Å²) < 4.78 is 4.59. The number of pyridine rings is 4. The molecule has 12 aromatic rings. The molecule has 300 valence electrons. The molecule has 0 aliphatic carbocycles. The Bertz CT molecular complexity index is 3450. The molecule has 7 aromatic heterocycles. The molecule has 0 N–H and O–H groups in total. The number of aromatic nitrogens is 9. The number of benzene rings is 5. The van der Waals surface area contributed by atoms with Crippen LogP contribution >= 0.6 is 11.8 Å². The van der Waals surface area contributed by atoms with Crippen molar-refractivity contribution in [3.8, 4) is 45.5 Å². The average Bonchev–Trinajstić information content (AvgIpc) is 3.89. The van der Waals surface area contributed by atoms with Crippen LogP contribution in [0.15, 0.2) is 204 Å². The predicted molar refractivity (Wildman–Crippen MR) is 255 cm³/mol. The van der Waals surface area contributed by atoms with E-state index >= 15 is 0 Å². The van der Waals surface area contributed by atoms with Gasteiger partial charge in [0.05, 0.1) is 50.5 Å². The number of rotatable bonds is 6. The first-order valence-electron chi connectivity index (χ1n) is 20.9. The molecule has 0 atom stereocenters. The minimum Gasteiger partial charge on any atom is -0.304 e. The van der Waals surface area contributed by atoms with E-state index in [-0.39, 0.29) is 0 Å². The first-order valence-corrected chi connectivity index (χ1v) is 21.7. The molecule has 0 saturated heterocycles. The molecule has 0 fully saturated rings. The summed E-state index contributed by atoms with van der Waals surface area (Å²) in [5.74, 6) is 1.66. The largest absolute Gasteiger partial charge is 0.304 e. The van der Waals surface area contributed by atoms with E-state index in [1.807, 2.05) is 110 Å². The average molecular weight is 841 g/mol. The topological polar surface area (TPSA) is 103 Å². The number of nitrogens with zero attached hydrogens (tertiary/aromatic N) is 10. The van der Waals surface area contributed by atoms with Gasteiger partial charge >= 0.3 is 0 Å². The van der Waals surface area contributed by atoms with Crippen molar-refractivity contribution in [2.24, 2.45) is 0 Å². The van der Waals surface area contributed by atoms with Gasteiger partial charge in [-0.15, -0.1) is 0 Å². The summed E-state index contributed by atoms with van der Waals surface area (Å²) in [6.07, 6.45) is 7.32. The summed E-state index contributed by atoms with van der Waals surface area (Å²) in [5, 5.41) is 0. The second-order valence-corrected chi connectivity index (χ2v) is 16.5.